The van der Waals surface area contributed by atoms with Gasteiger partial charge in [-0.2, -0.15) is 0 Å². The number of benzene rings is 3. The van der Waals surface area contributed by atoms with Gasteiger partial charge in [0.15, 0.2) is 23.4 Å². The maximum absolute atomic E-state index is 6.16. The highest BCUT2D eigenvalue weighted by Crippen LogP contribution is 2.28. The molecule has 32 heavy (non-hydrogen) atoms. The van der Waals surface area contributed by atoms with Crippen molar-refractivity contribution in [3.63, 3.8) is 0 Å². The van der Waals surface area contributed by atoms with Crippen LogP contribution in [0.15, 0.2) is 72.8 Å². The molecule has 0 bridgehead atoms. The van der Waals surface area contributed by atoms with Crippen molar-refractivity contribution in [3.8, 4) is 17.2 Å². The summed E-state index contributed by atoms with van der Waals surface area (Å²) in [5.74, 6) is 3.20. The van der Waals surface area contributed by atoms with E-state index in [9.17, 15) is 0 Å². The second-order valence-electron chi connectivity index (χ2n) is 7.53. The Morgan fingerprint density at radius 3 is 2.41 bits per heavy atom. The van der Waals surface area contributed by atoms with E-state index in [0.29, 0.717) is 11.6 Å². The van der Waals surface area contributed by atoms with Crippen LogP contribution in [0.3, 0.4) is 0 Å². The zero-order valence-electron chi connectivity index (χ0n) is 18.3. The number of hydrogen-bond donors (Lipinski definition) is 0. The maximum atomic E-state index is 6.16. The molecule has 3 aromatic carbocycles. The van der Waals surface area contributed by atoms with Gasteiger partial charge in [-0.25, -0.2) is 4.98 Å². The number of aromatic nitrogens is 2. The summed E-state index contributed by atoms with van der Waals surface area (Å²) in [6.45, 7) is 3.48. The van der Waals surface area contributed by atoms with Crippen LogP contribution in [0.4, 0.5) is 0 Å². The second kappa shape index (κ2) is 10.4. The van der Waals surface area contributed by atoms with Crippen LogP contribution in [0.5, 0.6) is 17.2 Å². The molecular weight excluding hydrogens is 424 g/mol. The number of methoxy groups -OCH3 is 1. The molecule has 0 amide bonds. The monoisotopic (exact) mass is 450 g/mol. The highest BCUT2D eigenvalue weighted by molar-refractivity contribution is 6.30. The Labute approximate surface area is 193 Å². The van der Waals surface area contributed by atoms with Gasteiger partial charge in [0.25, 0.3) is 0 Å². The molecule has 166 valence electrons. The molecule has 5 nitrogen and oxygen atoms in total. The predicted molar refractivity (Wildman–Crippen MR) is 128 cm³/mol. The Hall–Kier alpha value is -3.18. The van der Waals surface area contributed by atoms with E-state index in [2.05, 4.69) is 10.6 Å². The van der Waals surface area contributed by atoms with Crippen molar-refractivity contribution in [1.82, 2.24) is 9.55 Å². The van der Waals surface area contributed by atoms with Crippen LogP contribution in [-0.4, -0.2) is 23.3 Å². The van der Waals surface area contributed by atoms with Crippen molar-refractivity contribution in [1.29, 1.82) is 0 Å². The zero-order valence-corrected chi connectivity index (χ0v) is 19.1. The van der Waals surface area contributed by atoms with Gasteiger partial charge in [-0.1, -0.05) is 35.9 Å². The van der Waals surface area contributed by atoms with E-state index in [1.54, 1.807) is 7.11 Å². The third-order valence-corrected chi connectivity index (χ3v) is 5.53. The van der Waals surface area contributed by atoms with Crippen LogP contribution in [0.2, 0.25) is 5.02 Å². The van der Waals surface area contributed by atoms with Crippen molar-refractivity contribution in [2.75, 3.05) is 13.7 Å². The quantitative estimate of drug-likeness (QED) is 0.252. The molecular formula is C26H27ClN2O3. The molecule has 0 aliphatic heterocycles. The summed E-state index contributed by atoms with van der Waals surface area (Å²) in [6, 6.07) is 23.3. The molecule has 1 unspecified atom stereocenters. The van der Waals surface area contributed by atoms with Crippen molar-refractivity contribution < 1.29 is 14.2 Å². The van der Waals surface area contributed by atoms with Crippen molar-refractivity contribution in [2.45, 2.75) is 32.4 Å². The summed E-state index contributed by atoms with van der Waals surface area (Å²) in [5.41, 5.74) is 2.08. The van der Waals surface area contributed by atoms with Crippen LogP contribution < -0.4 is 14.2 Å². The van der Waals surface area contributed by atoms with Crippen LogP contribution in [0.25, 0.3) is 11.0 Å². The van der Waals surface area contributed by atoms with Gasteiger partial charge in [0.1, 0.15) is 5.75 Å². The van der Waals surface area contributed by atoms with Gasteiger partial charge in [-0.3, -0.25) is 0 Å². The summed E-state index contributed by atoms with van der Waals surface area (Å²) >= 11 is 5.99. The minimum absolute atomic E-state index is 0.201. The lowest BCUT2D eigenvalue weighted by Crippen LogP contribution is -2.12. The summed E-state index contributed by atoms with van der Waals surface area (Å²) < 4.78 is 19.7. The fourth-order valence-corrected chi connectivity index (χ4v) is 3.83. The molecule has 0 aliphatic carbocycles. The van der Waals surface area contributed by atoms with Crippen molar-refractivity contribution >= 4 is 22.6 Å². The smallest absolute Gasteiger partial charge is 0.161 e. The van der Waals surface area contributed by atoms with Gasteiger partial charge >= 0.3 is 0 Å². The molecule has 0 saturated heterocycles. The number of rotatable bonds is 10. The maximum Gasteiger partial charge on any atom is 0.161 e. The number of hydrogen-bond acceptors (Lipinski definition) is 4. The summed E-state index contributed by atoms with van der Waals surface area (Å²) in [4.78, 5) is 4.86. The number of unbranched alkanes of at least 4 members (excludes halogenated alkanes) is 1. The number of halogens is 1. The first-order valence-electron chi connectivity index (χ1n) is 10.8. The topological polar surface area (TPSA) is 45.5 Å². The van der Waals surface area contributed by atoms with Gasteiger partial charge in [0.05, 0.1) is 24.8 Å². The lowest BCUT2D eigenvalue weighted by Gasteiger charge is -2.17. The van der Waals surface area contributed by atoms with Gasteiger partial charge in [0, 0.05) is 11.6 Å². The first kappa shape index (κ1) is 22.0. The minimum Gasteiger partial charge on any atom is -0.493 e. The number of ether oxygens (including phenoxy) is 3. The zero-order chi connectivity index (χ0) is 22.3. The molecule has 0 fully saturated rings. The first-order chi connectivity index (χ1) is 15.7. The molecule has 4 rings (SSSR count). The highest BCUT2D eigenvalue weighted by atomic mass is 35.5. The first-order valence-corrected chi connectivity index (χ1v) is 11.2. The van der Waals surface area contributed by atoms with Crippen LogP contribution >= 0.6 is 11.6 Å². The fourth-order valence-electron chi connectivity index (χ4n) is 3.70. The van der Waals surface area contributed by atoms with Crippen molar-refractivity contribution in [3.05, 3.63) is 83.6 Å². The van der Waals surface area contributed by atoms with Gasteiger partial charge < -0.3 is 18.8 Å². The van der Waals surface area contributed by atoms with E-state index in [1.807, 2.05) is 73.7 Å². The van der Waals surface area contributed by atoms with Crippen molar-refractivity contribution in [2.24, 2.45) is 0 Å². The molecule has 0 saturated carbocycles. The average molecular weight is 451 g/mol. The number of imidazole rings is 1. The Kier molecular flexibility index (Phi) is 7.17. The summed E-state index contributed by atoms with van der Waals surface area (Å²) in [6.07, 6.45) is 1.67. The highest BCUT2D eigenvalue weighted by Gasteiger charge is 2.18. The molecule has 0 radical (unpaired) electrons. The van der Waals surface area contributed by atoms with Gasteiger partial charge in [0.2, 0.25) is 0 Å². The van der Waals surface area contributed by atoms with Gasteiger partial charge in [-0.15, -0.1) is 0 Å². The largest absolute Gasteiger partial charge is 0.493 e. The van der Waals surface area contributed by atoms with E-state index in [-0.39, 0.29) is 6.10 Å². The molecule has 0 N–H and O–H groups in total. The van der Waals surface area contributed by atoms with E-state index < -0.39 is 0 Å². The lowest BCUT2D eigenvalue weighted by molar-refractivity contribution is 0.210. The summed E-state index contributed by atoms with van der Waals surface area (Å²) in [5, 5.41) is 0.688. The molecule has 0 aliphatic rings. The van der Waals surface area contributed by atoms with E-state index in [1.165, 1.54) is 0 Å². The second-order valence-corrected chi connectivity index (χ2v) is 7.97. The van der Waals surface area contributed by atoms with E-state index >= 15 is 0 Å². The molecule has 4 aromatic rings. The van der Waals surface area contributed by atoms with Crippen LogP contribution in [-0.2, 0) is 6.54 Å². The number of para-hydroxylation sites is 4. The third-order valence-electron chi connectivity index (χ3n) is 5.28. The molecule has 1 heterocycles. The minimum atomic E-state index is -0.201. The SMILES string of the molecule is COc1ccccc1OCCCCn1c(C(C)Oc2ccc(Cl)cc2)nc2ccccc21. The van der Waals surface area contributed by atoms with Crippen LogP contribution in [0, 0.1) is 0 Å². The van der Waals surface area contributed by atoms with E-state index in [0.717, 1.165) is 53.5 Å². The molecule has 6 heteroatoms. The Morgan fingerprint density at radius 2 is 1.62 bits per heavy atom. The molecule has 0 spiro atoms. The van der Waals surface area contributed by atoms with Gasteiger partial charge in [-0.05, 0) is 68.3 Å². The number of fused-ring (bicyclic) bond motifs is 1. The standard InChI is InChI=1S/C26H27ClN2O3/c1-19(32-21-15-13-20(27)14-16-21)26-28-22-9-3-4-10-23(22)29(26)17-7-8-18-31-25-12-6-5-11-24(25)30-2/h3-6,9-16,19H,7-8,17-18H2,1-2H3. The number of aryl methyl sites for hydroxylation is 1. The normalized spacial score (nSPS) is 12.0. The lowest BCUT2D eigenvalue weighted by atomic mass is 10.2. The Bertz CT molecular complexity index is 1160. The summed E-state index contributed by atoms with van der Waals surface area (Å²) in [7, 11) is 1.65. The fraction of sp³-hybridized carbons (Fsp3) is 0.269. The molecule has 1 aromatic heterocycles. The Morgan fingerprint density at radius 1 is 0.906 bits per heavy atom. The Balaban J connectivity index is 1.42. The molecule has 1 atom stereocenters. The van der Waals surface area contributed by atoms with E-state index in [4.69, 9.17) is 30.8 Å². The predicted octanol–water partition coefficient (Wildman–Crippen LogP) is 6.70. The van der Waals surface area contributed by atoms with Crippen LogP contribution in [0.1, 0.15) is 31.7 Å². The third kappa shape index (κ3) is 5.17. The number of nitrogens with zero attached hydrogens (tertiary/aromatic N) is 2. The average Bonchev–Trinajstić information content (AvgIpc) is 3.19.